The highest BCUT2D eigenvalue weighted by molar-refractivity contribution is 5.56. The van der Waals surface area contributed by atoms with Crippen LogP contribution in [0.2, 0.25) is 0 Å². The Bertz CT molecular complexity index is 1280. The lowest BCUT2D eigenvalue weighted by molar-refractivity contribution is 0.220. The average Bonchev–Trinajstić information content (AvgIpc) is 3.26. The maximum atomic E-state index is 13.8. The molecule has 3 aromatic rings. The molecule has 0 atom stereocenters. The molecule has 3 aromatic carbocycles. The second-order valence-electron chi connectivity index (χ2n) is 11.7. The SMILES string of the molecule is CC(C)c1cccc(=O)c(N(C)CCN(C)C)c1CN1CCCN(C(c2ccc(F)cc2)c2ccc(F)cc2)CC1. The predicted octanol–water partition coefficient (Wildman–Crippen LogP) is 5.74. The van der Waals surface area contributed by atoms with Crippen LogP contribution in [0.1, 0.15) is 54.5 Å². The predicted molar refractivity (Wildman–Crippen MR) is 165 cm³/mol. The van der Waals surface area contributed by atoms with Gasteiger partial charge in [0.1, 0.15) is 11.6 Å². The number of rotatable bonds is 10. The van der Waals surface area contributed by atoms with Crippen LogP contribution in [0.25, 0.3) is 0 Å². The van der Waals surface area contributed by atoms with Crippen LogP contribution in [0.15, 0.2) is 71.5 Å². The van der Waals surface area contributed by atoms with E-state index in [0.29, 0.717) is 6.54 Å². The van der Waals surface area contributed by atoms with Gasteiger partial charge in [0.25, 0.3) is 0 Å². The summed E-state index contributed by atoms with van der Waals surface area (Å²) in [5.41, 5.74) is 5.14. The van der Waals surface area contributed by atoms with Gasteiger partial charge in [-0.25, -0.2) is 8.78 Å². The molecule has 0 bridgehead atoms. The average molecular weight is 563 g/mol. The summed E-state index contributed by atoms with van der Waals surface area (Å²) in [6, 6.07) is 18.9. The Hall–Kier alpha value is -3.13. The molecule has 0 N–H and O–H groups in total. The minimum Gasteiger partial charge on any atom is -0.370 e. The molecule has 0 aromatic heterocycles. The van der Waals surface area contributed by atoms with E-state index in [1.54, 1.807) is 6.07 Å². The number of halogens is 2. The van der Waals surface area contributed by atoms with Gasteiger partial charge >= 0.3 is 0 Å². The van der Waals surface area contributed by atoms with Crippen LogP contribution in [0, 0.1) is 11.6 Å². The minimum atomic E-state index is -0.269. The van der Waals surface area contributed by atoms with Gasteiger partial charge in [-0.1, -0.05) is 50.2 Å². The second kappa shape index (κ2) is 14.2. The number of hydrogen-bond acceptors (Lipinski definition) is 5. The Labute approximate surface area is 244 Å². The van der Waals surface area contributed by atoms with Gasteiger partial charge in [0.2, 0.25) is 5.43 Å². The molecular weight excluding hydrogens is 518 g/mol. The largest absolute Gasteiger partial charge is 0.370 e. The molecule has 1 aliphatic heterocycles. The Kier molecular flexibility index (Phi) is 10.6. The van der Waals surface area contributed by atoms with E-state index in [4.69, 9.17) is 0 Å². The smallest absolute Gasteiger partial charge is 0.202 e. The third kappa shape index (κ3) is 8.00. The first-order chi connectivity index (χ1) is 19.6. The quantitative estimate of drug-likeness (QED) is 0.314. The highest BCUT2D eigenvalue weighted by atomic mass is 19.1. The van der Waals surface area contributed by atoms with Crippen molar-refractivity contribution in [2.75, 3.05) is 65.3 Å². The third-order valence-electron chi connectivity index (χ3n) is 8.02. The Balaban J connectivity index is 1.62. The fourth-order valence-corrected chi connectivity index (χ4v) is 5.83. The summed E-state index contributed by atoms with van der Waals surface area (Å²) in [5.74, 6) is -0.257. The minimum absolute atomic E-state index is 0.0530. The lowest BCUT2D eigenvalue weighted by atomic mass is 9.96. The zero-order chi connectivity index (χ0) is 29.5. The molecule has 220 valence electrons. The first-order valence-corrected chi connectivity index (χ1v) is 14.6. The topological polar surface area (TPSA) is 30.0 Å². The number of anilines is 1. The summed E-state index contributed by atoms with van der Waals surface area (Å²) >= 11 is 0. The number of hydrogen-bond donors (Lipinski definition) is 0. The summed E-state index contributed by atoms with van der Waals surface area (Å²) < 4.78 is 27.6. The Morgan fingerprint density at radius 3 is 1.95 bits per heavy atom. The molecule has 0 unspecified atom stereocenters. The molecular formula is C34H44F2N4O. The molecule has 7 heteroatoms. The van der Waals surface area contributed by atoms with Crippen molar-refractivity contribution in [2.45, 2.75) is 38.8 Å². The van der Waals surface area contributed by atoms with Crippen LogP contribution in [0.3, 0.4) is 0 Å². The zero-order valence-corrected chi connectivity index (χ0v) is 25.1. The normalized spacial score (nSPS) is 15.1. The molecule has 0 aliphatic carbocycles. The van der Waals surface area contributed by atoms with E-state index in [-0.39, 0.29) is 29.0 Å². The molecule has 1 saturated heterocycles. The van der Waals surface area contributed by atoms with E-state index in [1.807, 2.05) is 51.5 Å². The highest BCUT2D eigenvalue weighted by Crippen LogP contribution is 2.31. The number of nitrogens with zero attached hydrogens (tertiary/aromatic N) is 4. The molecule has 0 spiro atoms. The molecule has 0 radical (unpaired) electrons. The summed E-state index contributed by atoms with van der Waals surface area (Å²) in [7, 11) is 6.12. The molecule has 0 amide bonds. The molecule has 1 aliphatic rings. The van der Waals surface area contributed by atoms with Gasteiger partial charge in [0, 0.05) is 46.3 Å². The zero-order valence-electron chi connectivity index (χ0n) is 25.1. The molecule has 0 saturated carbocycles. The van der Waals surface area contributed by atoms with E-state index >= 15 is 0 Å². The molecule has 5 nitrogen and oxygen atoms in total. The van der Waals surface area contributed by atoms with E-state index in [9.17, 15) is 13.6 Å². The van der Waals surface area contributed by atoms with Crippen LogP contribution < -0.4 is 10.3 Å². The van der Waals surface area contributed by atoms with Crippen LogP contribution in [0.4, 0.5) is 14.5 Å². The van der Waals surface area contributed by atoms with Crippen molar-refractivity contribution in [3.05, 3.63) is 111 Å². The van der Waals surface area contributed by atoms with Crippen LogP contribution in [-0.4, -0.2) is 75.1 Å². The number of likely N-dealkylation sites (N-methyl/N-ethyl adjacent to an activating group) is 2. The lowest BCUT2D eigenvalue weighted by Gasteiger charge is -2.32. The van der Waals surface area contributed by atoms with Crippen molar-refractivity contribution < 1.29 is 8.78 Å². The molecule has 41 heavy (non-hydrogen) atoms. The number of benzene rings is 2. The van der Waals surface area contributed by atoms with Crippen molar-refractivity contribution in [1.29, 1.82) is 0 Å². The molecule has 1 fully saturated rings. The fraction of sp³-hybridized carbons (Fsp3) is 0.441. The standard InChI is InChI=1S/C34H44F2N4O/c1-25(2)30-8-6-9-32(41)34(38(5)21-20-37(3)4)31(30)24-39-18-7-19-40(23-22-39)33(26-10-14-28(35)15-11-26)27-12-16-29(36)17-13-27/h6,8-17,25,33H,7,18-24H2,1-5H3. The Morgan fingerprint density at radius 2 is 1.39 bits per heavy atom. The van der Waals surface area contributed by atoms with E-state index in [2.05, 4.69) is 39.5 Å². The van der Waals surface area contributed by atoms with Crippen molar-refractivity contribution in [2.24, 2.45) is 0 Å². The first kappa shape index (κ1) is 30.8. The molecule has 4 rings (SSSR count). The monoisotopic (exact) mass is 562 g/mol. The van der Waals surface area contributed by atoms with Gasteiger partial charge in [-0.2, -0.15) is 0 Å². The van der Waals surface area contributed by atoms with Crippen molar-refractivity contribution in [1.82, 2.24) is 14.7 Å². The Morgan fingerprint density at radius 1 is 0.780 bits per heavy atom. The third-order valence-corrected chi connectivity index (χ3v) is 8.02. The second-order valence-corrected chi connectivity index (χ2v) is 11.7. The van der Waals surface area contributed by atoms with Crippen LogP contribution in [0.5, 0.6) is 0 Å². The maximum absolute atomic E-state index is 13.8. The summed E-state index contributed by atoms with van der Waals surface area (Å²) in [6.45, 7) is 10.1. The van der Waals surface area contributed by atoms with Crippen molar-refractivity contribution >= 4 is 5.69 Å². The van der Waals surface area contributed by atoms with E-state index in [1.165, 1.54) is 29.8 Å². The van der Waals surface area contributed by atoms with Crippen LogP contribution >= 0.6 is 0 Å². The van der Waals surface area contributed by atoms with Gasteiger partial charge in [0.15, 0.2) is 0 Å². The van der Waals surface area contributed by atoms with Crippen LogP contribution in [-0.2, 0) is 6.54 Å². The summed E-state index contributed by atoms with van der Waals surface area (Å²) in [6.07, 6.45) is 0.949. The molecule has 1 heterocycles. The maximum Gasteiger partial charge on any atom is 0.202 e. The lowest BCUT2D eigenvalue weighted by Crippen LogP contribution is -2.35. The fourth-order valence-electron chi connectivity index (χ4n) is 5.83. The van der Waals surface area contributed by atoms with E-state index < -0.39 is 0 Å². The van der Waals surface area contributed by atoms with Gasteiger partial charge in [-0.3, -0.25) is 14.6 Å². The van der Waals surface area contributed by atoms with Gasteiger partial charge in [-0.15, -0.1) is 0 Å². The highest BCUT2D eigenvalue weighted by Gasteiger charge is 2.27. The summed E-state index contributed by atoms with van der Waals surface area (Å²) in [4.78, 5) is 22.5. The van der Waals surface area contributed by atoms with Crippen molar-refractivity contribution in [3.8, 4) is 0 Å². The van der Waals surface area contributed by atoms with Crippen molar-refractivity contribution in [3.63, 3.8) is 0 Å². The van der Waals surface area contributed by atoms with Gasteiger partial charge in [0.05, 0.1) is 11.7 Å². The first-order valence-electron chi connectivity index (χ1n) is 14.6. The van der Waals surface area contributed by atoms with Gasteiger partial charge < -0.3 is 9.80 Å². The van der Waals surface area contributed by atoms with E-state index in [0.717, 1.165) is 68.1 Å². The van der Waals surface area contributed by atoms with Gasteiger partial charge in [-0.05, 0) is 85.6 Å². The summed E-state index contributed by atoms with van der Waals surface area (Å²) in [5, 5.41) is 0.